The van der Waals surface area contributed by atoms with Crippen LogP contribution in [0.25, 0.3) is 0 Å². The van der Waals surface area contributed by atoms with E-state index < -0.39 is 5.91 Å². The van der Waals surface area contributed by atoms with Crippen molar-refractivity contribution in [3.63, 3.8) is 0 Å². The van der Waals surface area contributed by atoms with Crippen LogP contribution in [0.5, 0.6) is 0 Å². The van der Waals surface area contributed by atoms with E-state index >= 15 is 0 Å². The Bertz CT molecular complexity index is 799. The van der Waals surface area contributed by atoms with Crippen LogP contribution in [-0.4, -0.2) is 24.4 Å². The molecule has 0 fully saturated rings. The average Bonchev–Trinajstić information content (AvgIpc) is 2.60. The number of benzene rings is 2. The minimum atomic E-state index is -0.480. The smallest absolute Gasteiger partial charge is 0.248 e. The molecule has 130 valence electrons. The van der Waals surface area contributed by atoms with Gasteiger partial charge in [0.05, 0.1) is 0 Å². The Labute approximate surface area is 147 Å². The van der Waals surface area contributed by atoms with Gasteiger partial charge in [0.25, 0.3) is 0 Å². The molecule has 3 rings (SSSR count). The number of hydrogen-bond acceptors (Lipinski definition) is 3. The van der Waals surface area contributed by atoms with Gasteiger partial charge in [0, 0.05) is 23.5 Å². The van der Waals surface area contributed by atoms with E-state index in [-0.39, 0.29) is 11.9 Å². The number of nitrogens with one attached hydrogen (secondary N) is 1. The lowest BCUT2D eigenvalue weighted by Crippen LogP contribution is -2.44. The largest absolute Gasteiger partial charge is 0.366 e. The van der Waals surface area contributed by atoms with Gasteiger partial charge in [0.2, 0.25) is 11.8 Å². The standard InChI is InChI=1S/C20H23N3O2/c1-13-5-10-18-16(12-13)4-3-11-23(18)14(2)20(25)22-17-8-6-15(7-9-17)19(21)24/h5-10,12,14H,3-4,11H2,1-2H3,(H2,21,24)(H,22,25)/t14-/m0/s1. The SMILES string of the molecule is Cc1ccc2c(c1)CCCN2[C@@H](C)C(=O)Nc1ccc(C(N)=O)cc1. The zero-order valence-electron chi connectivity index (χ0n) is 14.6. The van der Waals surface area contributed by atoms with Gasteiger partial charge in [-0.3, -0.25) is 9.59 Å². The number of amides is 2. The number of rotatable bonds is 4. The molecule has 0 bridgehead atoms. The summed E-state index contributed by atoms with van der Waals surface area (Å²) in [5, 5.41) is 2.91. The number of anilines is 2. The van der Waals surface area contributed by atoms with Crippen molar-refractivity contribution in [3.8, 4) is 0 Å². The monoisotopic (exact) mass is 337 g/mol. The van der Waals surface area contributed by atoms with Crippen LogP contribution in [0, 0.1) is 6.92 Å². The Balaban J connectivity index is 1.74. The van der Waals surface area contributed by atoms with E-state index in [1.54, 1.807) is 24.3 Å². The molecule has 1 heterocycles. The molecular formula is C20H23N3O2. The first-order valence-corrected chi connectivity index (χ1v) is 8.52. The summed E-state index contributed by atoms with van der Waals surface area (Å²) in [4.78, 5) is 25.9. The van der Waals surface area contributed by atoms with Crippen molar-refractivity contribution in [3.05, 3.63) is 59.2 Å². The van der Waals surface area contributed by atoms with Crippen LogP contribution in [0.4, 0.5) is 11.4 Å². The van der Waals surface area contributed by atoms with Gasteiger partial charge in [-0.25, -0.2) is 0 Å². The van der Waals surface area contributed by atoms with Gasteiger partial charge < -0.3 is 16.0 Å². The number of primary amides is 1. The van der Waals surface area contributed by atoms with Gasteiger partial charge in [-0.2, -0.15) is 0 Å². The van der Waals surface area contributed by atoms with Crippen LogP contribution in [-0.2, 0) is 11.2 Å². The summed E-state index contributed by atoms with van der Waals surface area (Å²) in [6.45, 7) is 4.87. The molecular weight excluding hydrogens is 314 g/mol. The minimum Gasteiger partial charge on any atom is -0.366 e. The number of fused-ring (bicyclic) bond motifs is 1. The topological polar surface area (TPSA) is 75.4 Å². The van der Waals surface area contributed by atoms with Crippen molar-refractivity contribution < 1.29 is 9.59 Å². The second-order valence-corrected chi connectivity index (χ2v) is 6.54. The van der Waals surface area contributed by atoms with Crippen molar-refractivity contribution in [2.45, 2.75) is 32.7 Å². The highest BCUT2D eigenvalue weighted by Gasteiger charge is 2.26. The van der Waals surface area contributed by atoms with Gasteiger partial charge in [-0.15, -0.1) is 0 Å². The first-order valence-electron chi connectivity index (χ1n) is 8.52. The summed E-state index contributed by atoms with van der Waals surface area (Å²) < 4.78 is 0. The third-order valence-electron chi connectivity index (χ3n) is 4.67. The fraction of sp³-hybridized carbons (Fsp3) is 0.300. The molecule has 2 amide bonds. The van der Waals surface area contributed by atoms with E-state index in [9.17, 15) is 9.59 Å². The van der Waals surface area contributed by atoms with Crippen LogP contribution >= 0.6 is 0 Å². The third kappa shape index (κ3) is 3.65. The molecule has 0 aliphatic carbocycles. The summed E-state index contributed by atoms with van der Waals surface area (Å²) in [6.07, 6.45) is 2.10. The zero-order valence-corrected chi connectivity index (χ0v) is 14.6. The maximum absolute atomic E-state index is 12.7. The fourth-order valence-corrected chi connectivity index (χ4v) is 3.26. The van der Waals surface area contributed by atoms with Gasteiger partial charge in [-0.1, -0.05) is 17.7 Å². The summed E-state index contributed by atoms with van der Waals surface area (Å²) in [7, 11) is 0. The van der Waals surface area contributed by atoms with E-state index in [1.807, 2.05) is 6.92 Å². The molecule has 0 saturated carbocycles. The highest BCUT2D eigenvalue weighted by Crippen LogP contribution is 2.29. The van der Waals surface area contributed by atoms with E-state index in [0.717, 1.165) is 25.1 Å². The highest BCUT2D eigenvalue weighted by atomic mass is 16.2. The summed E-state index contributed by atoms with van der Waals surface area (Å²) >= 11 is 0. The highest BCUT2D eigenvalue weighted by molar-refractivity contribution is 5.98. The van der Waals surface area contributed by atoms with E-state index in [0.29, 0.717) is 11.3 Å². The number of nitrogens with two attached hydrogens (primary N) is 1. The normalized spacial score (nSPS) is 14.6. The maximum atomic E-state index is 12.7. The van der Waals surface area contributed by atoms with Crippen LogP contribution in [0.15, 0.2) is 42.5 Å². The Kier molecular flexibility index (Phi) is 4.74. The molecule has 0 saturated heterocycles. The lowest BCUT2D eigenvalue weighted by atomic mass is 9.98. The van der Waals surface area contributed by atoms with Crippen molar-refractivity contribution in [1.82, 2.24) is 0 Å². The zero-order chi connectivity index (χ0) is 18.0. The Hall–Kier alpha value is -2.82. The molecule has 2 aromatic rings. The lowest BCUT2D eigenvalue weighted by molar-refractivity contribution is -0.117. The molecule has 0 spiro atoms. The summed E-state index contributed by atoms with van der Waals surface area (Å²) in [6, 6.07) is 12.7. The van der Waals surface area contributed by atoms with Crippen LogP contribution in [0.2, 0.25) is 0 Å². The molecule has 2 aromatic carbocycles. The molecule has 0 aromatic heterocycles. The fourth-order valence-electron chi connectivity index (χ4n) is 3.26. The van der Waals surface area contributed by atoms with Gasteiger partial charge in [0.1, 0.15) is 6.04 Å². The molecule has 1 aliphatic heterocycles. The minimum absolute atomic E-state index is 0.0692. The predicted octanol–water partition coefficient (Wildman–Crippen LogP) is 2.87. The molecule has 1 aliphatic rings. The Morgan fingerprint density at radius 3 is 2.56 bits per heavy atom. The van der Waals surface area contributed by atoms with Gasteiger partial charge in [-0.05, 0) is 62.6 Å². The van der Waals surface area contributed by atoms with Crippen molar-refractivity contribution in [1.29, 1.82) is 0 Å². The van der Waals surface area contributed by atoms with E-state index in [1.165, 1.54) is 11.1 Å². The molecule has 5 nitrogen and oxygen atoms in total. The molecule has 0 unspecified atom stereocenters. The maximum Gasteiger partial charge on any atom is 0.248 e. The Morgan fingerprint density at radius 2 is 1.88 bits per heavy atom. The second kappa shape index (κ2) is 6.97. The van der Waals surface area contributed by atoms with E-state index in [2.05, 4.69) is 35.3 Å². The lowest BCUT2D eigenvalue weighted by Gasteiger charge is -2.35. The first kappa shape index (κ1) is 17.0. The Morgan fingerprint density at radius 1 is 1.16 bits per heavy atom. The number of hydrogen-bond donors (Lipinski definition) is 2. The number of nitrogens with zero attached hydrogens (tertiary/aromatic N) is 1. The van der Waals surface area contributed by atoms with Gasteiger partial charge >= 0.3 is 0 Å². The number of carbonyl (C=O) groups excluding carboxylic acids is 2. The van der Waals surface area contributed by atoms with Crippen LogP contribution in [0.1, 0.15) is 34.8 Å². The van der Waals surface area contributed by atoms with Crippen LogP contribution < -0.4 is 16.0 Å². The predicted molar refractivity (Wildman–Crippen MR) is 99.9 cm³/mol. The van der Waals surface area contributed by atoms with Crippen molar-refractivity contribution in [2.24, 2.45) is 5.73 Å². The summed E-state index contributed by atoms with van der Waals surface area (Å²) in [5.41, 5.74) is 10.00. The summed E-state index contributed by atoms with van der Waals surface area (Å²) in [5.74, 6) is -0.549. The molecule has 1 atom stereocenters. The molecule has 5 heteroatoms. The third-order valence-corrected chi connectivity index (χ3v) is 4.67. The molecule has 25 heavy (non-hydrogen) atoms. The first-order chi connectivity index (χ1) is 12.0. The van der Waals surface area contributed by atoms with Crippen LogP contribution in [0.3, 0.4) is 0 Å². The van der Waals surface area contributed by atoms with Gasteiger partial charge in [0.15, 0.2) is 0 Å². The quantitative estimate of drug-likeness (QED) is 0.901. The van der Waals surface area contributed by atoms with Crippen molar-refractivity contribution in [2.75, 3.05) is 16.8 Å². The second-order valence-electron chi connectivity index (χ2n) is 6.54. The number of carbonyl (C=O) groups is 2. The average molecular weight is 337 g/mol. The number of aryl methyl sites for hydroxylation is 2. The van der Waals surface area contributed by atoms with Crippen molar-refractivity contribution >= 4 is 23.2 Å². The molecule has 3 N–H and O–H groups in total. The van der Waals surface area contributed by atoms with E-state index in [4.69, 9.17) is 5.73 Å². The molecule has 0 radical (unpaired) electrons.